The second-order valence-corrected chi connectivity index (χ2v) is 2.75. The van der Waals surface area contributed by atoms with Crippen molar-refractivity contribution in [2.75, 3.05) is 6.61 Å². The van der Waals surface area contributed by atoms with Gasteiger partial charge in [0.1, 0.15) is 5.56 Å². The van der Waals surface area contributed by atoms with Gasteiger partial charge in [-0.05, 0) is 18.4 Å². The summed E-state index contributed by atoms with van der Waals surface area (Å²) in [5, 5.41) is 10.7. The summed E-state index contributed by atoms with van der Waals surface area (Å²) in [5.74, 6) is -0.466. The number of hydrogen-bond acceptors (Lipinski definition) is 4. The molecule has 0 fully saturated rings. The van der Waals surface area contributed by atoms with E-state index in [1.165, 1.54) is 6.07 Å². The van der Waals surface area contributed by atoms with Crippen LogP contribution < -0.4 is 0 Å². The minimum atomic E-state index is -0.466. The first kappa shape index (κ1) is 8.07. The van der Waals surface area contributed by atoms with Gasteiger partial charge in [-0.15, -0.1) is 11.3 Å². The summed E-state index contributed by atoms with van der Waals surface area (Å²) in [6.07, 6.45) is 0. The number of carbonyl (C=O) groups excluding carboxylic acids is 1. The zero-order chi connectivity index (χ0) is 8.27. The third-order valence-corrected chi connectivity index (χ3v) is 1.86. The second kappa shape index (κ2) is 3.39. The van der Waals surface area contributed by atoms with Crippen molar-refractivity contribution in [3.05, 3.63) is 17.0 Å². The van der Waals surface area contributed by atoms with Crippen LogP contribution in [0, 0.1) is 0 Å². The van der Waals surface area contributed by atoms with E-state index in [9.17, 15) is 4.79 Å². The van der Waals surface area contributed by atoms with Crippen molar-refractivity contribution in [2.45, 2.75) is 6.92 Å². The van der Waals surface area contributed by atoms with E-state index in [-0.39, 0.29) is 10.6 Å². The Balaban J connectivity index is 2.76. The maximum atomic E-state index is 11.0. The number of aromatic hydroxyl groups is 1. The monoisotopic (exact) mass is 172 g/mol. The van der Waals surface area contributed by atoms with Crippen molar-refractivity contribution in [1.82, 2.24) is 0 Å². The molecule has 0 unspecified atom stereocenters. The van der Waals surface area contributed by atoms with Crippen LogP contribution in [0.3, 0.4) is 0 Å². The van der Waals surface area contributed by atoms with Crippen LogP contribution in [0.5, 0.6) is 5.06 Å². The molecule has 0 amide bonds. The molecule has 0 spiro atoms. The Hall–Kier alpha value is -1.03. The quantitative estimate of drug-likeness (QED) is 0.689. The summed E-state index contributed by atoms with van der Waals surface area (Å²) in [4.78, 5) is 11.0. The second-order valence-electron chi connectivity index (χ2n) is 1.86. The van der Waals surface area contributed by atoms with Crippen LogP contribution in [0.1, 0.15) is 17.3 Å². The molecule has 0 bridgehead atoms. The van der Waals surface area contributed by atoms with Gasteiger partial charge in [0.05, 0.1) is 6.61 Å². The van der Waals surface area contributed by atoms with Gasteiger partial charge in [0, 0.05) is 0 Å². The smallest absolute Gasteiger partial charge is 0.342 e. The minimum absolute atomic E-state index is 0.0171. The maximum Gasteiger partial charge on any atom is 0.342 e. The first-order valence-corrected chi connectivity index (χ1v) is 4.07. The number of ether oxygens (including phenoxy) is 1. The topological polar surface area (TPSA) is 46.5 Å². The van der Waals surface area contributed by atoms with Crippen molar-refractivity contribution in [3.63, 3.8) is 0 Å². The molecule has 1 heterocycles. The molecular formula is C7H8O3S. The Kier molecular flexibility index (Phi) is 2.48. The summed E-state index contributed by atoms with van der Waals surface area (Å²) in [6.45, 7) is 2.05. The molecule has 4 heteroatoms. The van der Waals surface area contributed by atoms with Gasteiger partial charge in [-0.1, -0.05) is 0 Å². The average Bonchev–Trinajstić information content (AvgIpc) is 2.36. The summed E-state index contributed by atoms with van der Waals surface area (Å²) in [5.41, 5.74) is 0.247. The zero-order valence-electron chi connectivity index (χ0n) is 6.03. The van der Waals surface area contributed by atoms with Crippen LogP contribution in [0.4, 0.5) is 0 Å². The fourth-order valence-corrected chi connectivity index (χ4v) is 1.28. The largest absolute Gasteiger partial charge is 0.499 e. The average molecular weight is 172 g/mol. The molecule has 1 aromatic heterocycles. The van der Waals surface area contributed by atoms with Crippen molar-refractivity contribution in [3.8, 4) is 5.06 Å². The highest BCUT2D eigenvalue weighted by atomic mass is 32.1. The van der Waals surface area contributed by atoms with Gasteiger partial charge >= 0.3 is 5.97 Å². The van der Waals surface area contributed by atoms with Crippen LogP contribution >= 0.6 is 11.3 Å². The maximum absolute atomic E-state index is 11.0. The highest BCUT2D eigenvalue weighted by Crippen LogP contribution is 2.24. The fraction of sp³-hybridized carbons (Fsp3) is 0.286. The molecule has 0 saturated carbocycles. The van der Waals surface area contributed by atoms with E-state index in [2.05, 4.69) is 4.74 Å². The van der Waals surface area contributed by atoms with Gasteiger partial charge in [0.2, 0.25) is 0 Å². The van der Waals surface area contributed by atoms with E-state index < -0.39 is 5.97 Å². The molecular weight excluding hydrogens is 164 g/mol. The molecule has 0 radical (unpaired) electrons. The Morgan fingerprint density at radius 1 is 1.82 bits per heavy atom. The molecule has 1 rings (SSSR count). The molecule has 0 atom stereocenters. The molecule has 3 nitrogen and oxygen atoms in total. The van der Waals surface area contributed by atoms with Gasteiger partial charge in [0.15, 0.2) is 5.06 Å². The first-order valence-electron chi connectivity index (χ1n) is 3.19. The number of rotatable bonds is 2. The Morgan fingerprint density at radius 2 is 2.55 bits per heavy atom. The normalized spacial score (nSPS) is 9.55. The fourth-order valence-electron chi connectivity index (χ4n) is 0.665. The van der Waals surface area contributed by atoms with Crippen LogP contribution in [0.15, 0.2) is 11.4 Å². The van der Waals surface area contributed by atoms with E-state index in [1.807, 2.05) is 0 Å². The predicted octanol–water partition coefficient (Wildman–Crippen LogP) is 1.63. The van der Waals surface area contributed by atoms with E-state index in [0.29, 0.717) is 6.61 Å². The molecule has 0 aliphatic rings. The van der Waals surface area contributed by atoms with Crippen LogP contribution in [-0.4, -0.2) is 17.7 Å². The summed E-state index contributed by atoms with van der Waals surface area (Å²) in [7, 11) is 0. The Bertz CT molecular complexity index is 254. The minimum Gasteiger partial charge on any atom is -0.499 e. The van der Waals surface area contributed by atoms with Gasteiger partial charge in [0.25, 0.3) is 0 Å². The SMILES string of the molecule is CCOC(=O)c1ccsc1O. The Morgan fingerprint density at radius 3 is 3.00 bits per heavy atom. The lowest BCUT2D eigenvalue weighted by Gasteiger charge is -1.97. The van der Waals surface area contributed by atoms with Gasteiger partial charge in [-0.3, -0.25) is 0 Å². The standard InChI is InChI=1S/C7H8O3S/c1-2-10-6(8)5-3-4-11-7(5)9/h3-4,9H,2H2,1H3. The molecule has 60 valence electrons. The summed E-state index contributed by atoms with van der Waals surface area (Å²) < 4.78 is 4.67. The van der Waals surface area contributed by atoms with Gasteiger partial charge in [-0.2, -0.15) is 0 Å². The molecule has 0 saturated heterocycles. The number of thiophene rings is 1. The van der Waals surface area contributed by atoms with Gasteiger partial charge in [-0.25, -0.2) is 4.79 Å². The van der Waals surface area contributed by atoms with Crippen molar-refractivity contribution >= 4 is 17.3 Å². The lowest BCUT2D eigenvalue weighted by atomic mass is 10.3. The molecule has 0 aliphatic heterocycles. The van der Waals surface area contributed by atoms with E-state index in [0.717, 1.165) is 11.3 Å². The van der Waals surface area contributed by atoms with Crippen LogP contribution in [0.25, 0.3) is 0 Å². The van der Waals surface area contributed by atoms with E-state index >= 15 is 0 Å². The summed E-state index contributed by atoms with van der Waals surface area (Å²) >= 11 is 1.11. The molecule has 0 aromatic carbocycles. The van der Waals surface area contributed by atoms with Gasteiger partial charge < -0.3 is 9.84 Å². The zero-order valence-corrected chi connectivity index (χ0v) is 6.85. The van der Waals surface area contributed by atoms with E-state index in [1.54, 1.807) is 12.3 Å². The lowest BCUT2D eigenvalue weighted by Crippen LogP contribution is -2.02. The molecule has 1 N–H and O–H groups in total. The number of hydrogen-bond donors (Lipinski definition) is 1. The van der Waals surface area contributed by atoms with E-state index in [4.69, 9.17) is 5.11 Å². The lowest BCUT2D eigenvalue weighted by molar-refractivity contribution is 0.0524. The van der Waals surface area contributed by atoms with Crippen LogP contribution in [0.2, 0.25) is 0 Å². The third-order valence-electron chi connectivity index (χ3n) is 1.14. The number of carbonyl (C=O) groups is 1. The predicted molar refractivity (Wildman–Crippen MR) is 41.9 cm³/mol. The molecule has 11 heavy (non-hydrogen) atoms. The first-order chi connectivity index (χ1) is 5.25. The number of esters is 1. The van der Waals surface area contributed by atoms with Crippen molar-refractivity contribution in [1.29, 1.82) is 0 Å². The summed E-state index contributed by atoms with van der Waals surface area (Å²) in [6, 6.07) is 1.54. The third kappa shape index (κ3) is 1.71. The van der Waals surface area contributed by atoms with Crippen LogP contribution in [-0.2, 0) is 4.74 Å². The van der Waals surface area contributed by atoms with Crippen molar-refractivity contribution in [2.24, 2.45) is 0 Å². The highest BCUT2D eigenvalue weighted by molar-refractivity contribution is 7.12. The Labute approximate surface area is 68.2 Å². The molecule has 0 aliphatic carbocycles. The van der Waals surface area contributed by atoms with Crippen molar-refractivity contribution < 1.29 is 14.6 Å². The molecule has 1 aromatic rings. The highest BCUT2D eigenvalue weighted by Gasteiger charge is 2.11.